The maximum Gasteiger partial charge on any atom is 0.0477 e. The predicted octanol–water partition coefficient (Wildman–Crippen LogP) is 3.57. The highest BCUT2D eigenvalue weighted by atomic mass is 79.9. The summed E-state index contributed by atoms with van der Waals surface area (Å²) in [6, 6.07) is 5.87. The molecule has 82 valence electrons. The standard InChI is InChI=1S/C11H14BrClN2/c1-2-3-4-11(15-14)9-6-5-8(12)7-10(9)13/h2,5-7,11,15H,1,3-4,14H2. The smallest absolute Gasteiger partial charge is 0.0477 e. The van der Waals surface area contributed by atoms with Crippen LogP contribution in [0, 0.1) is 0 Å². The summed E-state index contributed by atoms with van der Waals surface area (Å²) in [7, 11) is 0. The van der Waals surface area contributed by atoms with Crippen LogP contribution in [0.15, 0.2) is 35.3 Å². The third-order valence-electron chi connectivity index (χ3n) is 2.20. The molecule has 0 bridgehead atoms. The molecular weight excluding hydrogens is 275 g/mol. The van der Waals surface area contributed by atoms with Gasteiger partial charge in [-0.15, -0.1) is 6.58 Å². The second kappa shape index (κ2) is 6.28. The van der Waals surface area contributed by atoms with E-state index in [-0.39, 0.29) is 6.04 Å². The Bertz CT molecular complexity index is 341. The van der Waals surface area contributed by atoms with E-state index in [0.29, 0.717) is 0 Å². The van der Waals surface area contributed by atoms with Crippen molar-refractivity contribution in [2.75, 3.05) is 0 Å². The Morgan fingerprint density at radius 2 is 2.33 bits per heavy atom. The molecule has 4 heteroatoms. The Labute approximate surface area is 104 Å². The molecule has 1 rings (SSSR count). The number of rotatable bonds is 5. The molecule has 0 amide bonds. The number of allylic oxidation sites excluding steroid dienone is 1. The lowest BCUT2D eigenvalue weighted by Crippen LogP contribution is -2.28. The van der Waals surface area contributed by atoms with Gasteiger partial charge in [0.05, 0.1) is 0 Å². The van der Waals surface area contributed by atoms with Crippen LogP contribution in [0.1, 0.15) is 24.4 Å². The predicted molar refractivity (Wildman–Crippen MR) is 68.6 cm³/mol. The molecule has 0 aliphatic heterocycles. The van der Waals surface area contributed by atoms with E-state index in [4.69, 9.17) is 17.4 Å². The Balaban J connectivity index is 2.86. The summed E-state index contributed by atoms with van der Waals surface area (Å²) in [6.45, 7) is 3.69. The molecule has 0 spiro atoms. The summed E-state index contributed by atoms with van der Waals surface area (Å²) >= 11 is 9.50. The molecule has 3 N–H and O–H groups in total. The van der Waals surface area contributed by atoms with Crippen LogP contribution in [0.3, 0.4) is 0 Å². The molecule has 0 heterocycles. The normalized spacial score (nSPS) is 12.5. The van der Waals surface area contributed by atoms with Gasteiger partial charge in [0.15, 0.2) is 0 Å². The summed E-state index contributed by atoms with van der Waals surface area (Å²) < 4.78 is 0.968. The van der Waals surface area contributed by atoms with Crippen molar-refractivity contribution in [2.24, 2.45) is 5.84 Å². The SMILES string of the molecule is C=CCCC(NN)c1ccc(Br)cc1Cl. The first-order chi connectivity index (χ1) is 7.19. The molecule has 0 saturated heterocycles. The quantitative estimate of drug-likeness (QED) is 0.494. The Morgan fingerprint density at radius 3 is 2.87 bits per heavy atom. The van der Waals surface area contributed by atoms with Crippen molar-refractivity contribution in [1.82, 2.24) is 5.43 Å². The molecule has 2 nitrogen and oxygen atoms in total. The van der Waals surface area contributed by atoms with Gasteiger partial charge in [-0.25, -0.2) is 0 Å². The highest BCUT2D eigenvalue weighted by Gasteiger charge is 2.12. The zero-order chi connectivity index (χ0) is 11.3. The van der Waals surface area contributed by atoms with Gasteiger partial charge in [-0.1, -0.05) is 39.7 Å². The van der Waals surface area contributed by atoms with E-state index in [1.165, 1.54) is 0 Å². The molecule has 15 heavy (non-hydrogen) atoms. The molecule has 0 aliphatic carbocycles. The van der Waals surface area contributed by atoms with Crippen LogP contribution in [-0.2, 0) is 0 Å². The minimum absolute atomic E-state index is 0.0728. The minimum atomic E-state index is 0.0728. The van der Waals surface area contributed by atoms with E-state index in [2.05, 4.69) is 27.9 Å². The summed E-state index contributed by atoms with van der Waals surface area (Å²) in [6.07, 6.45) is 3.67. The van der Waals surface area contributed by atoms with Gasteiger partial charge < -0.3 is 0 Å². The first kappa shape index (κ1) is 12.7. The van der Waals surface area contributed by atoms with E-state index < -0.39 is 0 Å². The second-order valence-corrected chi connectivity index (χ2v) is 4.57. The highest BCUT2D eigenvalue weighted by molar-refractivity contribution is 9.10. The van der Waals surface area contributed by atoms with Crippen LogP contribution in [0.25, 0.3) is 0 Å². The van der Waals surface area contributed by atoms with Gasteiger partial charge in [0.2, 0.25) is 0 Å². The molecule has 0 saturated carbocycles. The lowest BCUT2D eigenvalue weighted by molar-refractivity contribution is 0.521. The third kappa shape index (κ3) is 3.61. The monoisotopic (exact) mass is 288 g/mol. The van der Waals surface area contributed by atoms with Crippen LogP contribution in [-0.4, -0.2) is 0 Å². The van der Waals surface area contributed by atoms with Crippen molar-refractivity contribution in [3.8, 4) is 0 Å². The largest absolute Gasteiger partial charge is 0.271 e. The van der Waals surface area contributed by atoms with E-state index in [0.717, 1.165) is 27.9 Å². The summed E-state index contributed by atoms with van der Waals surface area (Å²) in [4.78, 5) is 0. The number of halogens is 2. The first-order valence-corrected chi connectivity index (χ1v) is 5.88. The van der Waals surface area contributed by atoms with Gasteiger partial charge in [0, 0.05) is 15.5 Å². The van der Waals surface area contributed by atoms with Gasteiger partial charge in [-0.2, -0.15) is 0 Å². The Kier molecular flexibility index (Phi) is 5.32. The fourth-order valence-corrected chi connectivity index (χ4v) is 2.20. The summed E-state index contributed by atoms with van der Waals surface area (Å²) in [5.41, 5.74) is 3.78. The molecule has 1 atom stereocenters. The Morgan fingerprint density at radius 1 is 1.60 bits per heavy atom. The molecule has 0 aromatic heterocycles. The Hall–Kier alpha value is -0.350. The zero-order valence-corrected chi connectivity index (χ0v) is 10.7. The van der Waals surface area contributed by atoms with Gasteiger partial charge >= 0.3 is 0 Å². The highest BCUT2D eigenvalue weighted by Crippen LogP contribution is 2.28. The van der Waals surface area contributed by atoms with Crippen molar-refractivity contribution in [1.29, 1.82) is 0 Å². The molecule has 0 radical (unpaired) electrons. The molecule has 0 fully saturated rings. The number of hydrazine groups is 1. The van der Waals surface area contributed by atoms with Gasteiger partial charge in [-0.3, -0.25) is 11.3 Å². The molecule has 1 unspecified atom stereocenters. The molecule has 1 aromatic carbocycles. The van der Waals surface area contributed by atoms with Crippen LogP contribution in [0.5, 0.6) is 0 Å². The van der Waals surface area contributed by atoms with Crippen molar-refractivity contribution >= 4 is 27.5 Å². The van der Waals surface area contributed by atoms with E-state index >= 15 is 0 Å². The average Bonchev–Trinajstić information content (AvgIpc) is 2.21. The van der Waals surface area contributed by atoms with Crippen molar-refractivity contribution in [3.05, 3.63) is 45.9 Å². The fourth-order valence-electron chi connectivity index (χ4n) is 1.40. The number of nitrogens with one attached hydrogen (secondary N) is 1. The van der Waals surface area contributed by atoms with Gasteiger partial charge in [0.25, 0.3) is 0 Å². The number of hydrogen-bond donors (Lipinski definition) is 2. The lowest BCUT2D eigenvalue weighted by Gasteiger charge is -2.16. The zero-order valence-electron chi connectivity index (χ0n) is 8.34. The van der Waals surface area contributed by atoms with Crippen LogP contribution < -0.4 is 11.3 Å². The van der Waals surface area contributed by atoms with Crippen LogP contribution in [0.4, 0.5) is 0 Å². The molecule has 1 aromatic rings. The number of nitrogens with two attached hydrogens (primary N) is 1. The topological polar surface area (TPSA) is 38.0 Å². The second-order valence-electron chi connectivity index (χ2n) is 3.25. The van der Waals surface area contributed by atoms with Crippen LogP contribution >= 0.6 is 27.5 Å². The van der Waals surface area contributed by atoms with Crippen molar-refractivity contribution in [2.45, 2.75) is 18.9 Å². The maximum atomic E-state index is 6.13. The number of hydrogen-bond acceptors (Lipinski definition) is 2. The molecular formula is C11H14BrClN2. The lowest BCUT2D eigenvalue weighted by atomic mass is 10.0. The summed E-state index contributed by atoms with van der Waals surface area (Å²) in [5, 5.41) is 0.719. The third-order valence-corrected chi connectivity index (χ3v) is 3.02. The number of benzene rings is 1. The summed E-state index contributed by atoms with van der Waals surface area (Å²) in [5.74, 6) is 5.50. The van der Waals surface area contributed by atoms with E-state index in [9.17, 15) is 0 Å². The fraction of sp³-hybridized carbons (Fsp3) is 0.273. The average molecular weight is 290 g/mol. The maximum absolute atomic E-state index is 6.13. The van der Waals surface area contributed by atoms with Crippen molar-refractivity contribution in [3.63, 3.8) is 0 Å². The van der Waals surface area contributed by atoms with E-state index in [1.54, 1.807) is 0 Å². The molecule has 0 aliphatic rings. The van der Waals surface area contributed by atoms with Gasteiger partial charge in [-0.05, 0) is 30.5 Å². The first-order valence-electron chi connectivity index (χ1n) is 4.71. The van der Waals surface area contributed by atoms with Gasteiger partial charge in [0.1, 0.15) is 0 Å². The minimum Gasteiger partial charge on any atom is -0.271 e. The van der Waals surface area contributed by atoms with Crippen molar-refractivity contribution < 1.29 is 0 Å². The van der Waals surface area contributed by atoms with Crippen LogP contribution in [0.2, 0.25) is 5.02 Å². The van der Waals surface area contributed by atoms with E-state index in [1.807, 2.05) is 24.3 Å².